The van der Waals surface area contributed by atoms with Crippen molar-refractivity contribution in [3.8, 4) is 0 Å². The third-order valence-electron chi connectivity index (χ3n) is 5.69. The van der Waals surface area contributed by atoms with Crippen LogP contribution in [0.1, 0.15) is 34.3 Å². The van der Waals surface area contributed by atoms with Gasteiger partial charge in [0, 0.05) is 35.0 Å². The Morgan fingerprint density at radius 1 is 0.914 bits per heavy atom. The minimum absolute atomic E-state index is 0.00611. The second kappa shape index (κ2) is 10.0. The first-order chi connectivity index (χ1) is 16.7. The number of nitrogens with one attached hydrogen (secondary N) is 3. The summed E-state index contributed by atoms with van der Waals surface area (Å²) >= 11 is 0. The Morgan fingerprint density at radius 3 is 2.40 bits per heavy atom. The first-order valence-corrected chi connectivity index (χ1v) is 11.0. The van der Waals surface area contributed by atoms with Gasteiger partial charge in [0.15, 0.2) is 0 Å². The van der Waals surface area contributed by atoms with Crippen LogP contribution < -0.4 is 16.0 Å². The van der Waals surface area contributed by atoms with Crippen molar-refractivity contribution in [2.75, 3.05) is 16.0 Å². The first-order valence-electron chi connectivity index (χ1n) is 11.0. The zero-order valence-electron chi connectivity index (χ0n) is 18.5. The molecule has 0 bridgehead atoms. The van der Waals surface area contributed by atoms with Gasteiger partial charge in [0.1, 0.15) is 0 Å². The van der Waals surface area contributed by atoms with Gasteiger partial charge in [-0.15, -0.1) is 0 Å². The fourth-order valence-electron chi connectivity index (χ4n) is 3.89. The summed E-state index contributed by atoms with van der Waals surface area (Å²) in [5.74, 6) is -1.37. The summed E-state index contributed by atoms with van der Waals surface area (Å²) in [7, 11) is 0. The monoisotopic (exact) mass is 481 g/mol. The van der Waals surface area contributed by atoms with Crippen molar-refractivity contribution in [1.29, 1.82) is 0 Å². The lowest BCUT2D eigenvalue weighted by Crippen LogP contribution is -2.30. The van der Waals surface area contributed by atoms with Gasteiger partial charge >= 0.3 is 6.18 Å². The molecule has 3 aromatic rings. The predicted octanol–water partition coefficient (Wildman–Crippen LogP) is 5.49. The third-order valence-corrected chi connectivity index (χ3v) is 5.69. The fraction of sp³-hybridized carbons (Fsp3) is 0.192. The molecule has 3 N–H and O–H groups in total. The van der Waals surface area contributed by atoms with Crippen LogP contribution in [0, 0.1) is 5.92 Å². The number of rotatable bonds is 6. The minimum atomic E-state index is -4.52. The van der Waals surface area contributed by atoms with Crippen molar-refractivity contribution in [3.63, 3.8) is 0 Å². The summed E-state index contributed by atoms with van der Waals surface area (Å²) in [5, 5.41) is 8.00. The SMILES string of the molecule is O=C(CCC1Cc2ccccc2NC1=O)Nc1cccc(C(=O)Nc2cccc(C(F)(F)F)c2)c1. The lowest BCUT2D eigenvalue weighted by molar-refractivity contribution is -0.137. The molecule has 1 aliphatic rings. The number of carbonyl (C=O) groups excluding carboxylic acids is 3. The number of carbonyl (C=O) groups is 3. The normalized spacial score (nSPS) is 15.1. The quantitative estimate of drug-likeness (QED) is 0.435. The highest BCUT2D eigenvalue weighted by Gasteiger charge is 2.30. The lowest BCUT2D eigenvalue weighted by Gasteiger charge is -2.24. The molecule has 0 saturated heterocycles. The zero-order chi connectivity index (χ0) is 25.0. The maximum Gasteiger partial charge on any atom is 0.416 e. The van der Waals surface area contributed by atoms with Crippen molar-refractivity contribution in [3.05, 3.63) is 89.5 Å². The number of amides is 3. The molecule has 0 aromatic heterocycles. The number of benzene rings is 3. The topological polar surface area (TPSA) is 87.3 Å². The predicted molar refractivity (Wildman–Crippen MR) is 126 cm³/mol. The van der Waals surface area contributed by atoms with Crippen molar-refractivity contribution < 1.29 is 27.6 Å². The molecule has 0 spiro atoms. The van der Waals surface area contributed by atoms with E-state index >= 15 is 0 Å². The standard InChI is InChI=1S/C26H22F3N3O3/c27-26(28,29)19-7-4-9-21(15-19)31-24(34)17-6-3-8-20(14-17)30-23(33)12-11-18-13-16-5-1-2-10-22(16)32-25(18)35/h1-10,14-15,18H,11-13H2,(H,30,33)(H,31,34)(H,32,35). The molecule has 1 atom stereocenters. The third kappa shape index (κ3) is 6.06. The van der Waals surface area contributed by atoms with Crippen LogP contribution in [-0.4, -0.2) is 17.7 Å². The van der Waals surface area contributed by atoms with E-state index in [1.165, 1.54) is 24.3 Å². The molecular weight excluding hydrogens is 459 g/mol. The van der Waals surface area contributed by atoms with E-state index in [-0.39, 0.29) is 35.4 Å². The van der Waals surface area contributed by atoms with Gasteiger partial charge in [-0.3, -0.25) is 14.4 Å². The maximum absolute atomic E-state index is 12.9. The van der Waals surface area contributed by atoms with Gasteiger partial charge in [-0.1, -0.05) is 30.3 Å². The van der Waals surface area contributed by atoms with Crippen LogP contribution in [0.3, 0.4) is 0 Å². The maximum atomic E-state index is 12.9. The Kier molecular flexibility index (Phi) is 6.86. The van der Waals surface area contributed by atoms with Crippen molar-refractivity contribution >= 4 is 34.8 Å². The number of hydrogen-bond acceptors (Lipinski definition) is 3. The van der Waals surface area contributed by atoms with Crippen LogP contribution in [0.5, 0.6) is 0 Å². The molecule has 1 unspecified atom stereocenters. The van der Waals surface area contributed by atoms with Gasteiger partial charge in [-0.2, -0.15) is 13.2 Å². The van der Waals surface area contributed by atoms with Gasteiger partial charge in [0.05, 0.1) is 5.56 Å². The number of halogens is 3. The largest absolute Gasteiger partial charge is 0.416 e. The number of alkyl halides is 3. The summed E-state index contributed by atoms with van der Waals surface area (Å²) in [4.78, 5) is 37.3. The molecule has 3 aromatic carbocycles. The van der Waals surface area contributed by atoms with Crippen molar-refractivity contribution in [2.45, 2.75) is 25.4 Å². The molecule has 35 heavy (non-hydrogen) atoms. The average molecular weight is 481 g/mol. The van der Waals surface area contributed by atoms with Crippen LogP contribution in [-0.2, 0) is 22.2 Å². The summed E-state index contributed by atoms with van der Waals surface area (Å²) < 4.78 is 38.7. The van der Waals surface area contributed by atoms with E-state index in [1.807, 2.05) is 24.3 Å². The molecule has 6 nitrogen and oxygen atoms in total. The number of anilines is 3. The zero-order valence-corrected chi connectivity index (χ0v) is 18.5. The molecule has 1 aliphatic heterocycles. The molecule has 180 valence electrons. The van der Waals surface area contributed by atoms with E-state index in [4.69, 9.17) is 0 Å². The summed E-state index contributed by atoms with van der Waals surface area (Å²) in [6.07, 6.45) is -3.49. The Bertz CT molecular complexity index is 1270. The fourth-order valence-corrected chi connectivity index (χ4v) is 3.89. The minimum Gasteiger partial charge on any atom is -0.326 e. The van der Waals surface area contributed by atoms with E-state index in [0.717, 1.165) is 23.4 Å². The molecular formula is C26H22F3N3O3. The molecule has 9 heteroatoms. The van der Waals surface area contributed by atoms with Crippen molar-refractivity contribution in [2.24, 2.45) is 5.92 Å². The van der Waals surface area contributed by atoms with Crippen LogP contribution in [0.4, 0.5) is 30.2 Å². The molecule has 0 aliphatic carbocycles. The average Bonchev–Trinajstić information content (AvgIpc) is 2.82. The highest BCUT2D eigenvalue weighted by molar-refractivity contribution is 6.05. The number of fused-ring (bicyclic) bond motifs is 1. The van der Waals surface area contributed by atoms with Crippen molar-refractivity contribution in [1.82, 2.24) is 0 Å². The van der Waals surface area contributed by atoms with Crippen LogP contribution in [0.15, 0.2) is 72.8 Å². The van der Waals surface area contributed by atoms with Gasteiger partial charge in [-0.05, 0) is 60.9 Å². The van der Waals surface area contributed by atoms with Crippen LogP contribution in [0.25, 0.3) is 0 Å². The lowest BCUT2D eigenvalue weighted by atomic mass is 9.89. The number of para-hydroxylation sites is 1. The van der Waals surface area contributed by atoms with Gasteiger partial charge < -0.3 is 16.0 Å². The molecule has 1 heterocycles. The smallest absolute Gasteiger partial charge is 0.326 e. The van der Waals surface area contributed by atoms with E-state index in [9.17, 15) is 27.6 Å². The van der Waals surface area contributed by atoms with Crippen LogP contribution in [0.2, 0.25) is 0 Å². The summed E-state index contributed by atoms with van der Waals surface area (Å²) in [5.41, 5.74) is 1.49. The molecule has 4 rings (SSSR count). The van der Waals surface area contributed by atoms with Gasteiger partial charge in [-0.25, -0.2) is 0 Å². The van der Waals surface area contributed by atoms with E-state index in [0.29, 0.717) is 18.5 Å². The van der Waals surface area contributed by atoms with Gasteiger partial charge in [0.25, 0.3) is 5.91 Å². The molecule has 0 fully saturated rings. The van der Waals surface area contributed by atoms with Crippen LogP contribution >= 0.6 is 0 Å². The van der Waals surface area contributed by atoms with E-state index in [1.54, 1.807) is 12.1 Å². The van der Waals surface area contributed by atoms with E-state index in [2.05, 4.69) is 16.0 Å². The number of hydrogen-bond donors (Lipinski definition) is 3. The summed E-state index contributed by atoms with van der Waals surface area (Å²) in [6.45, 7) is 0. The molecule has 3 amide bonds. The Hall–Kier alpha value is -4.14. The molecule has 0 saturated carbocycles. The first kappa shape index (κ1) is 24.0. The Balaban J connectivity index is 1.34. The van der Waals surface area contributed by atoms with Gasteiger partial charge in [0.2, 0.25) is 11.8 Å². The van der Waals surface area contributed by atoms with E-state index < -0.39 is 17.6 Å². The highest BCUT2D eigenvalue weighted by atomic mass is 19.4. The Morgan fingerprint density at radius 2 is 1.63 bits per heavy atom. The Labute approximate surface area is 199 Å². The molecule has 0 radical (unpaired) electrons. The second-order valence-electron chi connectivity index (χ2n) is 8.25. The second-order valence-corrected chi connectivity index (χ2v) is 8.25. The highest BCUT2D eigenvalue weighted by Crippen LogP contribution is 2.31. The summed E-state index contributed by atoms with van der Waals surface area (Å²) in [6, 6.07) is 17.9.